The number of hydrogen-bond acceptors (Lipinski definition) is 3. The van der Waals surface area contributed by atoms with Crippen molar-refractivity contribution in [3.63, 3.8) is 0 Å². The molecule has 2 rings (SSSR count). The number of nitrogens with zero attached hydrogens (tertiary/aromatic N) is 2. The van der Waals surface area contributed by atoms with Crippen LogP contribution in [0.3, 0.4) is 0 Å². The monoisotopic (exact) mass is 261 g/mol. The summed E-state index contributed by atoms with van der Waals surface area (Å²) in [6.45, 7) is 12.2. The minimum Gasteiger partial charge on any atom is -0.372 e. The van der Waals surface area contributed by atoms with E-state index in [0.717, 1.165) is 32.7 Å². The van der Waals surface area contributed by atoms with Crippen molar-refractivity contribution >= 4 is 11.4 Å². The van der Waals surface area contributed by atoms with Crippen molar-refractivity contribution in [3.05, 3.63) is 24.3 Å². The van der Waals surface area contributed by atoms with Crippen LogP contribution in [0.4, 0.5) is 11.4 Å². The van der Waals surface area contributed by atoms with Gasteiger partial charge in [0.15, 0.2) is 0 Å². The summed E-state index contributed by atoms with van der Waals surface area (Å²) in [6, 6.07) is 9.63. The third kappa shape index (κ3) is 3.41. The lowest BCUT2D eigenvalue weighted by molar-refractivity contribution is 0.630. The first-order valence-corrected chi connectivity index (χ1v) is 7.58. The molecule has 1 fully saturated rings. The van der Waals surface area contributed by atoms with E-state index in [1.54, 1.807) is 0 Å². The Bertz CT molecular complexity index is 370. The van der Waals surface area contributed by atoms with Crippen LogP contribution in [0, 0.1) is 0 Å². The van der Waals surface area contributed by atoms with Crippen LogP contribution in [-0.2, 0) is 0 Å². The minimum absolute atomic E-state index is 0.571. The van der Waals surface area contributed by atoms with Crippen molar-refractivity contribution in [2.24, 2.45) is 0 Å². The van der Waals surface area contributed by atoms with Crippen molar-refractivity contribution < 1.29 is 0 Å². The van der Waals surface area contributed by atoms with Gasteiger partial charge >= 0.3 is 0 Å². The van der Waals surface area contributed by atoms with E-state index in [1.807, 2.05) is 0 Å². The Labute approximate surface area is 117 Å². The molecular weight excluding hydrogens is 234 g/mol. The standard InChI is InChI=1S/C16H27N3/c1-4-18(5-2)15-7-9-16(10-8-15)19-12-6-11-17-13-14(19)3/h7-10,14,17H,4-6,11-13H2,1-3H3. The number of rotatable bonds is 4. The van der Waals surface area contributed by atoms with E-state index in [1.165, 1.54) is 17.8 Å². The number of nitrogens with one attached hydrogen (secondary N) is 1. The number of anilines is 2. The molecule has 1 N–H and O–H groups in total. The summed E-state index contributed by atoms with van der Waals surface area (Å²) in [6.07, 6.45) is 1.22. The zero-order valence-electron chi connectivity index (χ0n) is 12.5. The van der Waals surface area contributed by atoms with E-state index in [0.29, 0.717) is 6.04 Å². The Morgan fingerprint density at radius 1 is 1.21 bits per heavy atom. The van der Waals surface area contributed by atoms with Crippen LogP contribution in [-0.4, -0.2) is 38.8 Å². The molecule has 0 amide bonds. The molecule has 0 aromatic heterocycles. The van der Waals surface area contributed by atoms with Gasteiger partial charge in [-0.05, 0) is 58.0 Å². The highest BCUT2D eigenvalue weighted by Crippen LogP contribution is 2.23. The molecule has 3 nitrogen and oxygen atoms in total. The Morgan fingerprint density at radius 2 is 1.89 bits per heavy atom. The fraction of sp³-hybridized carbons (Fsp3) is 0.625. The van der Waals surface area contributed by atoms with Gasteiger partial charge in [-0.3, -0.25) is 0 Å². The van der Waals surface area contributed by atoms with Gasteiger partial charge in [-0.15, -0.1) is 0 Å². The van der Waals surface area contributed by atoms with Crippen molar-refractivity contribution in [2.75, 3.05) is 42.5 Å². The van der Waals surface area contributed by atoms with Crippen LogP contribution in [0.1, 0.15) is 27.2 Å². The van der Waals surface area contributed by atoms with Crippen LogP contribution >= 0.6 is 0 Å². The summed E-state index contributed by atoms with van der Waals surface area (Å²) in [5.41, 5.74) is 2.68. The van der Waals surface area contributed by atoms with Crippen molar-refractivity contribution in [3.8, 4) is 0 Å². The molecule has 1 aliphatic heterocycles. The molecule has 0 bridgehead atoms. The summed E-state index contributed by atoms with van der Waals surface area (Å²) in [7, 11) is 0. The molecule has 1 aromatic carbocycles. The molecule has 3 heteroatoms. The van der Waals surface area contributed by atoms with E-state index >= 15 is 0 Å². The summed E-state index contributed by atoms with van der Waals surface area (Å²) in [5.74, 6) is 0. The first-order chi connectivity index (χ1) is 9.26. The zero-order chi connectivity index (χ0) is 13.7. The van der Waals surface area contributed by atoms with E-state index < -0.39 is 0 Å². The van der Waals surface area contributed by atoms with E-state index in [9.17, 15) is 0 Å². The smallest absolute Gasteiger partial charge is 0.0386 e. The van der Waals surface area contributed by atoms with Crippen LogP contribution in [0.15, 0.2) is 24.3 Å². The number of hydrogen-bond donors (Lipinski definition) is 1. The molecule has 106 valence electrons. The highest BCUT2D eigenvalue weighted by molar-refractivity contribution is 5.56. The van der Waals surface area contributed by atoms with Gasteiger partial charge in [-0.2, -0.15) is 0 Å². The fourth-order valence-electron chi connectivity index (χ4n) is 2.84. The molecule has 1 atom stereocenters. The third-order valence-electron chi connectivity index (χ3n) is 4.03. The van der Waals surface area contributed by atoms with Crippen LogP contribution < -0.4 is 15.1 Å². The van der Waals surface area contributed by atoms with Gasteiger partial charge in [-0.1, -0.05) is 0 Å². The maximum Gasteiger partial charge on any atom is 0.0386 e. The first-order valence-electron chi connectivity index (χ1n) is 7.58. The van der Waals surface area contributed by atoms with Crippen LogP contribution in [0.25, 0.3) is 0 Å². The molecule has 1 saturated heterocycles. The molecule has 1 aromatic rings. The summed E-state index contributed by atoms with van der Waals surface area (Å²) in [4.78, 5) is 4.91. The third-order valence-corrected chi connectivity index (χ3v) is 4.03. The highest BCUT2D eigenvalue weighted by atomic mass is 15.2. The van der Waals surface area contributed by atoms with Gasteiger partial charge < -0.3 is 15.1 Å². The van der Waals surface area contributed by atoms with Gasteiger partial charge in [0.25, 0.3) is 0 Å². The predicted octanol–water partition coefficient (Wildman–Crippen LogP) is 2.72. The molecule has 1 heterocycles. The molecule has 1 unspecified atom stereocenters. The molecule has 0 radical (unpaired) electrons. The Balaban J connectivity index is 2.12. The molecule has 0 spiro atoms. The molecule has 19 heavy (non-hydrogen) atoms. The molecule has 0 aliphatic carbocycles. The number of benzene rings is 1. The minimum atomic E-state index is 0.571. The van der Waals surface area contributed by atoms with E-state index in [4.69, 9.17) is 0 Å². The van der Waals surface area contributed by atoms with Gasteiger partial charge in [0.1, 0.15) is 0 Å². The second-order valence-corrected chi connectivity index (χ2v) is 5.29. The van der Waals surface area contributed by atoms with Gasteiger partial charge in [-0.25, -0.2) is 0 Å². The lowest BCUT2D eigenvalue weighted by Gasteiger charge is -2.30. The average molecular weight is 261 g/mol. The van der Waals surface area contributed by atoms with Crippen LogP contribution in [0.2, 0.25) is 0 Å². The molecular formula is C16H27N3. The average Bonchev–Trinajstić information content (AvgIpc) is 2.66. The lowest BCUT2D eigenvalue weighted by Crippen LogP contribution is -2.37. The second-order valence-electron chi connectivity index (χ2n) is 5.29. The Hall–Kier alpha value is -1.22. The Morgan fingerprint density at radius 3 is 2.53 bits per heavy atom. The topological polar surface area (TPSA) is 18.5 Å². The lowest BCUT2D eigenvalue weighted by atomic mass is 10.2. The van der Waals surface area contributed by atoms with Crippen molar-refractivity contribution in [1.29, 1.82) is 0 Å². The normalized spacial score (nSPS) is 20.2. The first kappa shape index (κ1) is 14.2. The van der Waals surface area contributed by atoms with Crippen LogP contribution in [0.5, 0.6) is 0 Å². The highest BCUT2D eigenvalue weighted by Gasteiger charge is 2.16. The predicted molar refractivity (Wildman–Crippen MR) is 84.3 cm³/mol. The summed E-state index contributed by atoms with van der Waals surface area (Å²) in [5, 5.41) is 3.49. The van der Waals surface area contributed by atoms with E-state index in [-0.39, 0.29) is 0 Å². The largest absolute Gasteiger partial charge is 0.372 e. The van der Waals surface area contributed by atoms with Gasteiger partial charge in [0, 0.05) is 43.6 Å². The molecule has 0 saturated carbocycles. The van der Waals surface area contributed by atoms with Gasteiger partial charge in [0.2, 0.25) is 0 Å². The SMILES string of the molecule is CCN(CC)c1ccc(N2CCCNCC2C)cc1. The second kappa shape index (κ2) is 6.80. The van der Waals surface area contributed by atoms with Gasteiger partial charge in [0.05, 0.1) is 0 Å². The quantitative estimate of drug-likeness (QED) is 0.899. The molecule has 1 aliphatic rings. The van der Waals surface area contributed by atoms with Crippen molar-refractivity contribution in [2.45, 2.75) is 33.2 Å². The maximum absolute atomic E-state index is 3.49. The summed E-state index contributed by atoms with van der Waals surface area (Å²) >= 11 is 0. The summed E-state index contributed by atoms with van der Waals surface area (Å²) < 4.78 is 0. The fourth-order valence-corrected chi connectivity index (χ4v) is 2.84. The zero-order valence-corrected chi connectivity index (χ0v) is 12.5. The Kier molecular flexibility index (Phi) is 5.08. The maximum atomic E-state index is 3.49. The van der Waals surface area contributed by atoms with E-state index in [2.05, 4.69) is 60.2 Å². The van der Waals surface area contributed by atoms with Crippen molar-refractivity contribution in [1.82, 2.24) is 5.32 Å².